The van der Waals surface area contributed by atoms with Crippen LogP contribution in [-0.4, -0.2) is 87.1 Å². The summed E-state index contributed by atoms with van der Waals surface area (Å²) in [5.41, 5.74) is 13.0. The number of amides is 4. The fourth-order valence-electron chi connectivity index (χ4n) is 3.88. The van der Waals surface area contributed by atoms with E-state index in [1.165, 1.54) is 18.7 Å². The Hall–Kier alpha value is -3.62. The summed E-state index contributed by atoms with van der Waals surface area (Å²) in [6.07, 6.45) is 1.97. The third-order valence-electron chi connectivity index (χ3n) is 6.05. The minimum atomic E-state index is -1.53. The topological polar surface area (TPSA) is 230 Å². The van der Waals surface area contributed by atoms with Gasteiger partial charge in [0.15, 0.2) is 0 Å². The molecule has 10 N–H and O–H groups in total. The molecule has 0 aliphatic carbocycles. The lowest BCUT2D eigenvalue weighted by Crippen LogP contribution is -2.60. The molecule has 1 aromatic heterocycles. The Labute approximate surface area is 229 Å². The highest BCUT2D eigenvalue weighted by atomic mass is 32.2. The third-order valence-corrected chi connectivity index (χ3v) is 6.70. The van der Waals surface area contributed by atoms with Crippen LogP contribution in [0, 0.1) is 0 Å². The van der Waals surface area contributed by atoms with E-state index in [0.717, 1.165) is 16.5 Å². The highest BCUT2D eigenvalue weighted by Crippen LogP contribution is 2.19. The van der Waals surface area contributed by atoms with Gasteiger partial charge >= 0.3 is 5.97 Å². The first-order valence-corrected chi connectivity index (χ1v) is 13.7. The van der Waals surface area contributed by atoms with Crippen molar-refractivity contribution >= 4 is 52.3 Å². The van der Waals surface area contributed by atoms with Crippen LogP contribution in [0.5, 0.6) is 0 Å². The molecule has 1 aromatic carbocycles. The number of thioether (sulfide) groups is 1. The van der Waals surface area contributed by atoms with Gasteiger partial charge in [0, 0.05) is 23.5 Å². The maximum Gasteiger partial charge on any atom is 0.326 e. The highest BCUT2D eigenvalue weighted by molar-refractivity contribution is 7.98. The first-order valence-electron chi connectivity index (χ1n) is 12.3. The van der Waals surface area contributed by atoms with Crippen molar-refractivity contribution in [2.24, 2.45) is 11.5 Å². The number of aromatic amines is 1. The number of carbonyl (C=O) groups excluding carboxylic acids is 4. The van der Waals surface area contributed by atoms with E-state index in [0.29, 0.717) is 5.75 Å². The lowest BCUT2D eigenvalue weighted by Gasteiger charge is -2.26. The maximum absolute atomic E-state index is 13.1. The summed E-state index contributed by atoms with van der Waals surface area (Å²) < 4.78 is 0. The molecule has 0 fully saturated rings. The number of benzene rings is 1. The van der Waals surface area contributed by atoms with Crippen LogP contribution in [0.4, 0.5) is 0 Å². The molecule has 0 saturated heterocycles. The first-order chi connectivity index (χ1) is 18.4. The Kier molecular flexibility index (Phi) is 12.2. The Morgan fingerprint density at radius 2 is 1.67 bits per heavy atom. The minimum absolute atomic E-state index is 0.133. The van der Waals surface area contributed by atoms with Crippen LogP contribution in [-0.2, 0) is 30.4 Å². The second-order valence-electron chi connectivity index (χ2n) is 9.14. The molecule has 39 heavy (non-hydrogen) atoms. The second-order valence-corrected chi connectivity index (χ2v) is 10.1. The van der Waals surface area contributed by atoms with E-state index in [4.69, 9.17) is 11.5 Å². The van der Waals surface area contributed by atoms with Gasteiger partial charge in [0.05, 0.1) is 12.1 Å². The molecule has 5 atom stereocenters. The molecule has 0 bridgehead atoms. The van der Waals surface area contributed by atoms with Crippen LogP contribution in [0.15, 0.2) is 30.5 Å². The fraction of sp³-hybridized carbons (Fsp3) is 0.480. The predicted octanol–water partition coefficient (Wildman–Crippen LogP) is -1.02. The summed E-state index contributed by atoms with van der Waals surface area (Å²) in [6, 6.07) is 2.38. The molecule has 2 aromatic rings. The van der Waals surface area contributed by atoms with Crippen LogP contribution in [0.1, 0.15) is 31.7 Å². The van der Waals surface area contributed by atoms with Crippen molar-refractivity contribution in [2.75, 3.05) is 12.0 Å². The van der Waals surface area contributed by atoms with E-state index in [-0.39, 0.29) is 25.7 Å². The summed E-state index contributed by atoms with van der Waals surface area (Å²) in [5, 5.41) is 27.6. The van der Waals surface area contributed by atoms with Crippen LogP contribution in [0.3, 0.4) is 0 Å². The Bertz CT molecular complexity index is 1170. The largest absolute Gasteiger partial charge is 0.480 e. The molecule has 2 rings (SSSR count). The Morgan fingerprint density at radius 1 is 1.00 bits per heavy atom. The maximum atomic E-state index is 13.1. The summed E-state index contributed by atoms with van der Waals surface area (Å²) in [6.45, 7) is 1.25. The van der Waals surface area contributed by atoms with Crippen molar-refractivity contribution in [1.29, 1.82) is 0 Å². The zero-order valence-corrected chi connectivity index (χ0v) is 22.6. The van der Waals surface area contributed by atoms with E-state index < -0.39 is 59.9 Å². The van der Waals surface area contributed by atoms with Crippen molar-refractivity contribution in [2.45, 2.75) is 62.9 Å². The number of aliphatic carboxylic acids is 1. The molecule has 0 spiro atoms. The average Bonchev–Trinajstić information content (AvgIpc) is 3.29. The lowest BCUT2D eigenvalue weighted by molar-refractivity contribution is -0.143. The molecular formula is C25H36N6O7S. The minimum Gasteiger partial charge on any atom is -0.480 e. The number of para-hydroxylation sites is 1. The molecular weight excluding hydrogens is 528 g/mol. The summed E-state index contributed by atoms with van der Waals surface area (Å²) >= 11 is 1.40. The Balaban J connectivity index is 2.12. The number of aliphatic hydroxyl groups excluding tert-OH is 1. The van der Waals surface area contributed by atoms with Crippen molar-refractivity contribution < 1.29 is 34.2 Å². The number of carboxylic acid groups (broad SMARTS) is 1. The monoisotopic (exact) mass is 564 g/mol. The molecule has 214 valence electrons. The average molecular weight is 565 g/mol. The molecule has 4 amide bonds. The van der Waals surface area contributed by atoms with Gasteiger partial charge in [0.1, 0.15) is 18.1 Å². The van der Waals surface area contributed by atoms with Gasteiger partial charge in [0.25, 0.3) is 0 Å². The number of nitrogens with one attached hydrogen (secondary N) is 4. The molecule has 0 radical (unpaired) electrons. The van der Waals surface area contributed by atoms with Gasteiger partial charge in [-0.2, -0.15) is 11.8 Å². The highest BCUT2D eigenvalue weighted by Gasteiger charge is 2.32. The van der Waals surface area contributed by atoms with Crippen LogP contribution in [0.25, 0.3) is 10.9 Å². The van der Waals surface area contributed by atoms with Gasteiger partial charge in [-0.05, 0) is 49.8 Å². The summed E-state index contributed by atoms with van der Waals surface area (Å²) in [7, 11) is 0. The van der Waals surface area contributed by atoms with Crippen LogP contribution in [0.2, 0.25) is 0 Å². The molecule has 0 saturated carbocycles. The predicted molar refractivity (Wildman–Crippen MR) is 147 cm³/mol. The fourth-order valence-corrected chi connectivity index (χ4v) is 4.35. The van der Waals surface area contributed by atoms with Gasteiger partial charge in [-0.3, -0.25) is 19.2 Å². The second kappa shape index (κ2) is 15.1. The van der Waals surface area contributed by atoms with Crippen LogP contribution >= 0.6 is 11.8 Å². The molecule has 1 heterocycles. The number of hydrogen-bond donors (Lipinski definition) is 8. The van der Waals surface area contributed by atoms with Crippen molar-refractivity contribution in [1.82, 2.24) is 20.9 Å². The lowest BCUT2D eigenvalue weighted by atomic mass is 10.0. The number of hydrogen-bond acceptors (Lipinski definition) is 8. The summed E-state index contributed by atoms with van der Waals surface area (Å²) in [5.74, 6) is -3.98. The Morgan fingerprint density at radius 3 is 2.28 bits per heavy atom. The number of aromatic nitrogens is 1. The first kappa shape index (κ1) is 31.6. The SMILES string of the molecule is CSCCC(NC(=O)C(NC(=O)C(CCC(N)=O)NC(=O)C(N)Cc1c[nH]c2ccccc12)C(C)O)C(=O)O. The van der Waals surface area contributed by atoms with Crippen LogP contribution < -0.4 is 27.4 Å². The van der Waals surface area contributed by atoms with Gasteiger partial charge in [-0.25, -0.2) is 4.79 Å². The number of nitrogens with two attached hydrogens (primary N) is 2. The van der Waals surface area contributed by atoms with Crippen molar-refractivity contribution in [3.8, 4) is 0 Å². The smallest absolute Gasteiger partial charge is 0.326 e. The number of H-pyrrole nitrogens is 1. The van der Waals surface area contributed by atoms with E-state index in [1.54, 1.807) is 12.5 Å². The number of primary amides is 1. The van der Waals surface area contributed by atoms with Gasteiger partial charge in [-0.1, -0.05) is 18.2 Å². The van der Waals surface area contributed by atoms with Gasteiger partial charge in [0.2, 0.25) is 23.6 Å². The number of carboxylic acids is 1. The third kappa shape index (κ3) is 9.57. The van der Waals surface area contributed by atoms with E-state index in [9.17, 15) is 34.2 Å². The van der Waals surface area contributed by atoms with Gasteiger partial charge in [-0.15, -0.1) is 0 Å². The number of aliphatic hydroxyl groups is 1. The van der Waals surface area contributed by atoms with Gasteiger partial charge < -0.3 is 42.6 Å². The molecule has 0 aliphatic heterocycles. The standard InChI is InChI=1S/C25H36N6O7S/c1-13(32)21(24(36)30-19(25(37)38)9-10-39-2)31-23(35)18(7-8-20(27)33)29-22(34)16(26)11-14-12-28-17-6-4-3-5-15(14)17/h3-6,12-13,16,18-19,21,28,32H,7-11,26H2,1-2H3,(H2,27,33)(H,29,34)(H,30,36)(H,31,35)(H,37,38). The van der Waals surface area contributed by atoms with E-state index in [1.807, 2.05) is 24.3 Å². The number of rotatable bonds is 16. The zero-order chi connectivity index (χ0) is 29.1. The molecule has 14 heteroatoms. The van der Waals surface area contributed by atoms with Crippen molar-refractivity contribution in [3.63, 3.8) is 0 Å². The molecule has 5 unspecified atom stereocenters. The summed E-state index contributed by atoms with van der Waals surface area (Å²) in [4.78, 5) is 64.7. The van der Waals surface area contributed by atoms with E-state index >= 15 is 0 Å². The molecule has 0 aliphatic rings. The zero-order valence-electron chi connectivity index (χ0n) is 21.8. The normalized spacial score (nSPS) is 15.0. The molecule has 13 nitrogen and oxygen atoms in total. The van der Waals surface area contributed by atoms with Crippen molar-refractivity contribution in [3.05, 3.63) is 36.0 Å². The quantitative estimate of drug-likeness (QED) is 0.124. The number of carbonyl (C=O) groups is 5. The number of fused-ring (bicyclic) bond motifs is 1. The van der Waals surface area contributed by atoms with E-state index in [2.05, 4.69) is 20.9 Å².